The molecule has 0 amide bonds. The van der Waals surface area contributed by atoms with E-state index in [-0.39, 0.29) is 11.3 Å². The maximum Gasteiger partial charge on any atom is 0.259 e. The van der Waals surface area contributed by atoms with Gasteiger partial charge >= 0.3 is 0 Å². The van der Waals surface area contributed by atoms with E-state index in [1.807, 2.05) is 38.1 Å². The van der Waals surface area contributed by atoms with Crippen LogP contribution in [0.5, 0.6) is 5.75 Å². The smallest absolute Gasteiger partial charge is 0.259 e. The molecule has 2 aromatic heterocycles. The van der Waals surface area contributed by atoms with Crippen molar-refractivity contribution in [3.63, 3.8) is 0 Å². The fourth-order valence-electron chi connectivity index (χ4n) is 2.45. The summed E-state index contributed by atoms with van der Waals surface area (Å²) in [6.07, 6.45) is 0. The van der Waals surface area contributed by atoms with Crippen molar-refractivity contribution in [1.29, 1.82) is 0 Å². The molecule has 0 unspecified atom stereocenters. The molecule has 0 aliphatic carbocycles. The van der Waals surface area contributed by atoms with Crippen LogP contribution in [-0.2, 0) is 0 Å². The van der Waals surface area contributed by atoms with Gasteiger partial charge in [0, 0.05) is 6.07 Å². The van der Waals surface area contributed by atoms with Gasteiger partial charge < -0.3 is 15.1 Å². The predicted octanol–water partition coefficient (Wildman–Crippen LogP) is 3.80. The minimum atomic E-state index is -0.243. The van der Waals surface area contributed by atoms with Gasteiger partial charge in [0.15, 0.2) is 0 Å². The summed E-state index contributed by atoms with van der Waals surface area (Å²) in [7, 11) is 0. The van der Waals surface area contributed by atoms with Gasteiger partial charge in [0.05, 0.1) is 22.1 Å². The third kappa shape index (κ3) is 2.68. The van der Waals surface area contributed by atoms with Crippen LogP contribution in [0.1, 0.15) is 13.8 Å². The van der Waals surface area contributed by atoms with Crippen LogP contribution in [0, 0.1) is 0 Å². The van der Waals surface area contributed by atoms with Gasteiger partial charge in [-0.15, -0.1) is 0 Å². The molecule has 5 heteroatoms. The molecule has 2 aromatic carbocycles. The third-order valence-electron chi connectivity index (χ3n) is 3.47. The second kappa shape index (κ2) is 5.96. The molecular weight excluding hydrogens is 290 g/mol. The van der Waals surface area contributed by atoms with Crippen LogP contribution in [0.3, 0.4) is 0 Å². The number of aromatic nitrogens is 3. The van der Waals surface area contributed by atoms with Crippen LogP contribution in [0.4, 0.5) is 0 Å². The molecule has 0 saturated carbocycles. The number of para-hydroxylation sites is 2. The van der Waals surface area contributed by atoms with E-state index in [0.29, 0.717) is 16.9 Å². The van der Waals surface area contributed by atoms with Gasteiger partial charge in [-0.1, -0.05) is 26.0 Å². The summed E-state index contributed by atoms with van der Waals surface area (Å²) in [5, 5.41) is 10.3. The van der Waals surface area contributed by atoms with Gasteiger partial charge in [0.25, 0.3) is 5.56 Å². The molecule has 2 heterocycles. The number of phenols is 1. The van der Waals surface area contributed by atoms with Gasteiger partial charge in [0.1, 0.15) is 11.6 Å². The number of pyridine rings is 1. The molecule has 0 atom stereocenters. The van der Waals surface area contributed by atoms with E-state index < -0.39 is 0 Å². The van der Waals surface area contributed by atoms with Crippen LogP contribution in [0.15, 0.2) is 53.3 Å². The van der Waals surface area contributed by atoms with Crippen LogP contribution in [-0.4, -0.2) is 20.1 Å². The first-order valence-electron chi connectivity index (χ1n) is 7.52. The molecule has 3 N–H and O–H groups in total. The highest BCUT2D eigenvalue weighted by molar-refractivity contribution is 5.85. The average Bonchev–Trinajstić information content (AvgIpc) is 2.99. The molecule has 0 radical (unpaired) electrons. The molecular formula is C18H17N3O2. The summed E-state index contributed by atoms with van der Waals surface area (Å²) in [5.74, 6) is 0.655. The lowest BCUT2D eigenvalue weighted by Crippen LogP contribution is -2.09. The first kappa shape index (κ1) is 14.8. The van der Waals surface area contributed by atoms with E-state index in [9.17, 15) is 9.90 Å². The molecule has 0 spiro atoms. The third-order valence-corrected chi connectivity index (χ3v) is 3.47. The van der Waals surface area contributed by atoms with Crippen molar-refractivity contribution in [3.05, 3.63) is 58.9 Å². The van der Waals surface area contributed by atoms with Crippen LogP contribution >= 0.6 is 0 Å². The van der Waals surface area contributed by atoms with Crippen LogP contribution in [0.2, 0.25) is 0 Å². The Balaban J connectivity index is 0.000000753. The normalized spacial score (nSPS) is 10.5. The topological polar surface area (TPSA) is 81.8 Å². The standard InChI is InChI=1S/C16H11N3O2.C2H6/c20-10-6-5-9-7-11(16(21)19-14(9)8-10)15-17-12-3-1-2-4-13(12)18-15;1-2/h1-8,20H,(H,17,18)(H,19,21);1-2H3. The van der Waals surface area contributed by atoms with E-state index >= 15 is 0 Å². The summed E-state index contributed by atoms with van der Waals surface area (Å²) < 4.78 is 0. The fraction of sp³-hybridized carbons (Fsp3) is 0.111. The summed E-state index contributed by atoms with van der Waals surface area (Å²) in [5.41, 5.74) is 2.53. The first-order chi connectivity index (χ1) is 11.2. The molecule has 0 fully saturated rings. The minimum Gasteiger partial charge on any atom is -0.508 e. The van der Waals surface area contributed by atoms with Crippen molar-refractivity contribution >= 4 is 21.9 Å². The number of phenolic OH excluding ortho intramolecular Hbond substituents is 1. The summed E-state index contributed by atoms with van der Waals surface area (Å²) >= 11 is 0. The van der Waals surface area contributed by atoms with Crippen molar-refractivity contribution in [3.8, 4) is 17.1 Å². The van der Waals surface area contributed by atoms with E-state index in [2.05, 4.69) is 15.0 Å². The Kier molecular flexibility index (Phi) is 3.85. The highest BCUT2D eigenvalue weighted by Crippen LogP contribution is 2.22. The second-order valence-electron chi connectivity index (χ2n) is 4.89. The molecule has 0 saturated heterocycles. The lowest BCUT2D eigenvalue weighted by Gasteiger charge is -2.01. The number of nitrogens with zero attached hydrogens (tertiary/aromatic N) is 1. The predicted molar refractivity (Wildman–Crippen MR) is 92.7 cm³/mol. The van der Waals surface area contributed by atoms with Crippen molar-refractivity contribution in [2.24, 2.45) is 0 Å². The second-order valence-corrected chi connectivity index (χ2v) is 4.89. The molecule has 0 aliphatic rings. The molecule has 4 aromatic rings. The summed E-state index contributed by atoms with van der Waals surface area (Å²) in [4.78, 5) is 22.6. The van der Waals surface area contributed by atoms with E-state index in [4.69, 9.17) is 0 Å². The lowest BCUT2D eigenvalue weighted by molar-refractivity contribution is 0.476. The van der Waals surface area contributed by atoms with E-state index in [0.717, 1.165) is 16.4 Å². The largest absolute Gasteiger partial charge is 0.508 e. The summed E-state index contributed by atoms with van der Waals surface area (Å²) in [6.45, 7) is 4.00. The van der Waals surface area contributed by atoms with Gasteiger partial charge in [-0.25, -0.2) is 4.98 Å². The molecule has 0 aliphatic heterocycles. The first-order valence-corrected chi connectivity index (χ1v) is 7.52. The van der Waals surface area contributed by atoms with Gasteiger partial charge in [-0.05, 0) is 35.7 Å². The number of imidazole rings is 1. The van der Waals surface area contributed by atoms with Crippen molar-refractivity contribution in [1.82, 2.24) is 15.0 Å². The van der Waals surface area contributed by atoms with Crippen LogP contribution in [0.25, 0.3) is 33.3 Å². The minimum absolute atomic E-state index is 0.120. The average molecular weight is 307 g/mol. The Hall–Kier alpha value is -3.08. The zero-order valence-corrected chi connectivity index (χ0v) is 12.9. The Labute approximate surface area is 132 Å². The Morgan fingerprint density at radius 3 is 2.52 bits per heavy atom. The Morgan fingerprint density at radius 1 is 0.957 bits per heavy atom. The number of benzene rings is 2. The SMILES string of the molecule is CC.O=c1[nH]c2cc(O)ccc2cc1-c1nc2ccccc2[nH]1. The van der Waals surface area contributed by atoms with Crippen LogP contribution < -0.4 is 5.56 Å². The molecule has 4 rings (SSSR count). The monoisotopic (exact) mass is 307 g/mol. The molecule has 0 bridgehead atoms. The number of rotatable bonds is 1. The highest BCUT2D eigenvalue weighted by atomic mass is 16.3. The number of H-pyrrole nitrogens is 2. The van der Waals surface area contributed by atoms with Crippen molar-refractivity contribution in [2.75, 3.05) is 0 Å². The zero-order valence-electron chi connectivity index (χ0n) is 12.9. The molecule has 23 heavy (non-hydrogen) atoms. The van der Waals surface area contributed by atoms with E-state index in [1.165, 1.54) is 6.07 Å². The van der Waals surface area contributed by atoms with Crippen molar-refractivity contribution < 1.29 is 5.11 Å². The maximum absolute atomic E-state index is 12.2. The number of fused-ring (bicyclic) bond motifs is 2. The molecule has 5 nitrogen and oxygen atoms in total. The number of hydrogen-bond donors (Lipinski definition) is 3. The lowest BCUT2D eigenvalue weighted by atomic mass is 10.1. The van der Waals surface area contributed by atoms with Gasteiger partial charge in [0.2, 0.25) is 0 Å². The molecule has 116 valence electrons. The highest BCUT2D eigenvalue weighted by Gasteiger charge is 2.10. The number of aromatic hydroxyl groups is 1. The van der Waals surface area contributed by atoms with E-state index in [1.54, 1.807) is 18.2 Å². The van der Waals surface area contributed by atoms with Crippen molar-refractivity contribution in [2.45, 2.75) is 13.8 Å². The number of nitrogens with one attached hydrogen (secondary N) is 2. The van der Waals surface area contributed by atoms with Gasteiger partial charge in [-0.2, -0.15) is 0 Å². The Morgan fingerprint density at radius 2 is 1.74 bits per heavy atom. The zero-order chi connectivity index (χ0) is 16.4. The summed E-state index contributed by atoms with van der Waals surface area (Å²) in [6, 6.07) is 14.3. The quantitative estimate of drug-likeness (QED) is 0.500. The van der Waals surface area contributed by atoms with Gasteiger partial charge in [-0.3, -0.25) is 4.79 Å². The maximum atomic E-state index is 12.2. The Bertz CT molecular complexity index is 998. The fourth-order valence-corrected chi connectivity index (χ4v) is 2.45. The number of hydrogen-bond acceptors (Lipinski definition) is 3. The number of aromatic amines is 2.